The number of benzene rings is 1. The van der Waals surface area contributed by atoms with E-state index in [0.717, 1.165) is 5.56 Å². The van der Waals surface area contributed by atoms with Gasteiger partial charge in [0.25, 0.3) is 5.91 Å². The third-order valence-corrected chi connectivity index (χ3v) is 2.60. The second kappa shape index (κ2) is 4.71. The van der Waals surface area contributed by atoms with Crippen molar-refractivity contribution < 1.29 is 13.6 Å². The standard InChI is InChI=1S/C12H9BrFNO2/c1-7-2-3-9(8(14)6-7)15-12(16)10-4-5-11(13)17-10/h2-6H,1H3,(H,15,16). The number of hydrogen-bond acceptors (Lipinski definition) is 2. The SMILES string of the molecule is Cc1ccc(NC(=O)c2ccc(Br)o2)c(F)c1. The highest BCUT2D eigenvalue weighted by Crippen LogP contribution is 2.18. The van der Waals surface area contributed by atoms with Crippen molar-refractivity contribution in [3.63, 3.8) is 0 Å². The van der Waals surface area contributed by atoms with Crippen LogP contribution in [0.15, 0.2) is 39.4 Å². The molecule has 5 heteroatoms. The Morgan fingerprint density at radius 1 is 1.35 bits per heavy atom. The zero-order valence-corrected chi connectivity index (χ0v) is 10.5. The third-order valence-electron chi connectivity index (χ3n) is 2.17. The quantitative estimate of drug-likeness (QED) is 0.917. The van der Waals surface area contributed by atoms with Crippen LogP contribution < -0.4 is 5.32 Å². The first kappa shape index (κ1) is 11.9. The fourth-order valence-corrected chi connectivity index (χ4v) is 1.65. The first-order valence-corrected chi connectivity index (χ1v) is 5.68. The summed E-state index contributed by atoms with van der Waals surface area (Å²) in [4.78, 5) is 11.7. The van der Waals surface area contributed by atoms with E-state index in [0.29, 0.717) is 4.67 Å². The molecule has 0 spiro atoms. The third kappa shape index (κ3) is 2.74. The van der Waals surface area contributed by atoms with Gasteiger partial charge in [0.05, 0.1) is 5.69 Å². The maximum absolute atomic E-state index is 13.5. The van der Waals surface area contributed by atoms with Crippen molar-refractivity contribution in [1.82, 2.24) is 0 Å². The van der Waals surface area contributed by atoms with Crippen molar-refractivity contribution in [3.05, 3.63) is 52.1 Å². The Labute approximate surface area is 106 Å². The molecule has 0 aliphatic rings. The van der Waals surface area contributed by atoms with Crippen LogP contribution in [0.5, 0.6) is 0 Å². The number of furan rings is 1. The Morgan fingerprint density at radius 2 is 2.12 bits per heavy atom. The van der Waals surface area contributed by atoms with Crippen molar-refractivity contribution in [2.75, 3.05) is 5.32 Å². The number of carbonyl (C=O) groups excluding carboxylic acids is 1. The van der Waals surface area contributed by atoms with Gasteiger partial charge in [-0.15, -0.1) is 0 Å². The molecule has 2 aromatic rings. The van der Waals surface area contributed by atoms with Gasteiger partial charge >= 0.3 is 0 Å². The molecule has 1 heterocycles. The Morgan fingerprint density at radius 3 is 2.71 bits per heavy atom. The highest BCUT2D eigenvalue weighted by molar-refractivity contribution is 9.10. The van der Waals surface area contributed by atoms with Crippen LogP contribution in [0.25, 0.3) is 0 Å². The number of amides is 1. The average molecular weight is 298 g/mol. The topological polar surface area (TPSA) is 42.2 Å². The molecule has 1 aromatic carbocycles. The van der Waals surface area contributed by atoms with Crippen molar-refractivity contribution in [2.24, 2.45) is 0 Å². The molecule has 0 saturated heterocycles. The van der Waals surface area contributed by atoms with Gasteiger partial charge in [-0.05, 0) is 52.7 Å². The highest BCUT2D eigenvalue weighted by atomic mass is 79.9. The Balaban J connectivity index is 2.18. The molecule has 3 nitrogen and oxygen atoms in total. The molecular formula is C12H9BrFNO2. The van der Waals surface area contributed by atoms with Crippen molar-refractivity contribution in [1.29, 1.82) is 0 Å². The maximum atomic E-state index is 13.5. The zero-order valence-electron chi connectivity index (χ0n) is 8.96. The molecular weight excluding hydrogens is 289 g/mol. The molecule has 0 bridgehead atoms. The van der Waals surface area contributed by atoms with Crippen LogP contribution in [0.3, 0.4) is 0 Å². The lowest BCUT2D eigenvalue weighted by Crippen LogP contribution is -2.12. The molecule has 1 aromatic heterocycles. The molecule has 0 fully saturated rings. The van der Waals surface area contributed by atoms with Gasteiger partial charge in [-0.3, -0.25) is 4.79 Å². The zero-order chi connectivity index (χ0) is 12.4. The van der Waals surface area contributed by atoms with Gasteiger partial charge < -0.3 is 9.73 Å². The van der Waals surface area contributed by atoms with E-state index in [1.807, 2.05) is 0 Å². The van der Waals surface area contributed by atoms with E-state index >= 15 is 0 Å². The maximum Gasteiger partial charge on any atom is 0.291 e. The van der Waals surface area contributed by atoms with Crippen LogP contribution >= 0.6 is 15.9 Å². The van der Waals surface area contributed by atoms with Crippen molar-refractivity contribution in [2.45, 2.75) is 6.92 Å². The monoisotopic (exact) mass is 297 g/mol. The Kier molecular flexibility index (Phi) is 3.28. The van der Waals surface area contributed by atoms with E-state index in [1.54, 1.807) is 19.1 Å². The number of aryl methyl sites for hydroxylation is 1. The first-order valence-electron chi connectivity index (χ1n) is 4.89. The minimum Gasteiger partial charge on any atom is -0.444 e. The van der Waals surface area contributed by atoms with Crippen molar-refractivity contribution in [3.8, 4) is 0 Å². The van der Waals surface area contributed by atoms with Gasteiger partial charge in [-0.1, -0.05) is 6.07 Å². The van der Waals surface area contributed by atoms with Gasteiger partial charge in [-0.2, -0.15) is 0 Å². The number of halogens is 2. The van der Waals surface area contributed by atoms with Crippen LogP contribution in [-0.2, 0) is 0 Å². The summed E-state index contributed by atoms with van der Waals surface area (Å²) in [5, 5.41) is 2.44. The smallest absolute Gasteiger partial charge is 0.291 e. The molecule has 0 aliphatic carbocycles. The van der Waals surface area contributed by atoms with Crippen LogP contribution in [0, 0.1) is 12.7 Å². The van der Waals surface area contributed by atoms with E-state index in [1.165, 1.54) is 18.2 Å². The van der Waals surface area contributed by atoms with Crippen molar-refractivity contribution >= 4 is 27.5 Å². The lowest BCUT2D eigenvalue weighted by atomic mass is 10.2. The normalized spacial score (nSPS) is 10.3. The summed E-state index contributed by atoms with van der Waals surface area (Å²) in [6.07, 6.45) is 0. The average Bonchev–Trinajstić information content (AvgIpc) is 2.69. The molecule has 0 radical (unpaired) electrons. The summed E-state index contributed by atoms with van der Waals surface area (Å²) in [5.74, 6) is -0.834. The summed E-state index contributed by atoms with van der Waals surface area (Å²) in [7, 11) is 0. The lowest BCUT2D eigenvalue weighted by molar-refractivity contribution is 0.0995. The Hall–Kier alpha value is -1.62. The highest BCUT2D eigenvalue weighted by Gasteiger charge is 2.12. The van der Waals surface area contributed by atoms with Gasteiger partial charge in [0.15, 0.2) is 10.4 Å². The number of carbonyl (C=O) groups is 1. The van der Waals surface area contributed by atoms with Gasteiger partial charge in [-0.25, -0.2) is 4.39 Å². The fourth-order valence-electron chi connectivity index (χ4n) is 1.34. The number of nitrogens with one attached hydrogen (secondary N) is 1. The second-order valence-corrected chi connectivity index (χ2v) is 4.32. The molecule has 1 N–H and O–H groups in total. The summed E-state index contributed by atoms with van der Waals surface area (Å²) < 4.78 is 19.0. The van der Waals surface area contributed by atoms with E-state index in [2.05, 4.69) is 21.2 Å². The largest absolute Gasteiger partial charge is 0.444 e. The van der Waals surface area contributed by atoms with Gasteiger partial charge in [0.2, 0.25) is 0 Å². The van der Waals surface area contributed by atoms with Gasteiger partial charge in [0, 0.05) is 0 Å². The van der Waals surface area contributed by atoms with E-state index in [9.17, 15) is 9.18 Å². The predicted molar refractivity (Wildman–Crippen MR) is 65.5 cm³/mol. The van der Waals surface area contributed by atoms with Gasteiger partial charge in [0.1, 0.15) is 5.82 Å². The molecule has 0 aliphatic heterocycles. The van der Waals surface area contributed by atoms with Crippen LogP contribution in [0.2, 0.25) is 0 Å². The summed E-state index contributed by atoms with van der Waals surface area (Å²) in [5.41, 5.74) is 0.925. The molecule has 2 rings (SSSR count). The second-order valence-electron chi connectivity index (χ2n) is 3.54. The van der Waals surface area contributed by atoms with Crippen LogP contribution in [0.1, 0.15) is 16.1 Å². The fraction of sp³-hybridized carbons (Fsp3) is 0.0833. The lowest BCUT2D eigenvalue weighted by Gasteiger charge is -2.05. The molecule has 0 unspecified atom stereocenters. The number of anilines is 1. The number of rotatable bonds is 2. The van der Waals surface area contributed by atoms with Crippen LogP contribution in [0.4, 0.5) is 10.1 Å². The van der Waals surface area contributed by atoms with E-state index in [-0.39, 0.29) is 11.4 Å². The summed E-state index contributed by atoms with van der Waals surface area (Å²) >= 11 is 3.09. The summed E-state index contributed by atoms with van der Waals surface area (Å²) in [6.45, 7) is 1.78. The Bertz CT molecular complexity index is 565. The predicted octanol–water partition coefficient (Wildman–Crippen LogP) is 3.74. The first-order chi connectivity index (χ1) is 8.06. The molecule has 17 heavy (non-hydrogen) atoms. The summed E-state index contributed by atoms with van der Waals surface area (Å²) in [6, 6.07) is 7.69. The van der Waals surface area contributed by atoms with E-state index in [4.69, 9.17) is 4.42 Å². The van der Waals surface area contributed by atoms with E-state index < -0.39 is 11.7 Å². The minimum absolute atomic E-state index is 0.122. The molecule has 88 valence electrons. The number of hydrogen-bond donors (Lipinski definition) is 1. The molecule has 0 atom stereocenters. The van der Waals surface area contributed by atoms with Crippen LogP contribution in [-0.4, -0.2) is 5.91 Å². The minimum atomic E-state index is -0.488. The molecule has 1 amide bonds. The molecule has 0 saturated carbocycles.